The van der Waals surface area contributed by atoms with Crippen LogP contribution >= 0.6 is 11.6 Å². The molecule has 3 rings (SSSR count). The van der Waals surface area contributed by atoms with Gasteiger partial charge in [-0.1, -0.05) is 23.7 Å². The zero-order valence-corrected chi connectivity index (χ0v) is 11.7. The van der Waals surface area contributed by atoms with Crippen molar-refractivity contribution >= 4 is 22.5 Å². The van der Waals surface area contributed by atoms with E-state index in [0.717, 1.165) is 28.6 Å². The summed E-state index contributed by atoms with van der Waals surface area (Å²) < 4.78 is 39.5. The first-order valence-electron chi connectivity index (χ1n) is 6.18. The number of fused-ring (bicyclic) bond motifs is 1. The Morgan fingerprint density at radius 3 is 2.52 bits per heavy atom. The van der Waals surface area contributed by atoms with Gasteiger partial charge in [-0.25, -0.2) is 4.68 Å². The molecular weight excluding hydrogens is 301 g/mol. The van der Waals surface area contributed by atoms with Gasteiger partial charge in [0.15, 0.2) is 0 Å². The number of hydrogen-bond donors (Lipinski definition) is 0. The number of hydrogen-bond acceptors (Lipinski definition) is 1. The second-order valence-electron chi connectivity index (χ2n) is 4.78. The van der Waals surface area contributed by atoms with E-state index in [1.807, 2.05) is 25.1 Å². The smallest absolute Gasteiger partial charge is 0.232 e. The normalized spacial score (nSPS) is 12.0. The topological polar surface area (TPSA) is 17.8 Å². The minimum absolute atomic E-state index is 0.0105. The number of benzene rings is 2. The fourth-order valence-corrected chi connectivity index (χ4v) is 2.44. The third-order valence-corrected chi connectivity index (χ3v) is 3.53. The Morgan fingerprint density at radius 1 is 1.10 bits per heavy atom. The van der Waals surface area contributed by atoms with Crippen molar-refractivity contribution in [2.24, 2.45) is 0 Å². The molecule has 0 spiro atoms. The predicted octanol–water partition coefficient (Wildman–Crippen LogP) is 5.01. The Hall–Kier alpha value is -2.01. The first kappa shape index (κ1) is 13.9. The number of aryl methyl sites for hydroxylation is 1. The van der Waals surface area contributed by atoms with Gasteiger partial charge >= 0.3 is 6.18 Å². The van der Waals surface area contributed by atoms with Crippen LogP contribution in [-0.4, -0.2) is 9.78 Å². The van der Waals surface area contributed by atoms with E-state index >= 15 is 0 Å². The molecule has 108 valence electrons. The van der Waals surface area contributed by atoms with Crippen LogP contribution in [0.15, 0.2) is 42.6 Å². The van der Waals surface area contributed by atoms with E-state index in [1.165, 1.54) is 6.07 Å². The van der Waals surface area contributed by atoms with Crippen LogP contribution in [0.3, 0.4) is 0 Å². The van der Waals surface area contributed by atoms with E-state index in [0.29, 0.717) is 5.69 Å². The van der Waals surface area contributed by atoms with Crippen molar-refractivity contribution < 1.29 is 13.2 Å². The standard InChI is InChI=1S/C15H10ClF3N2/c1-9-2-3-10-8-20-21(14(10)6-9)13-5-4-11(7-12(13)16)15(17,18)19/h2-8H,1H3. The molecule has 6 heteroatoms. The molecule has 0 aliphatic carbocycles. The molecule has 0 fully saturated rings. The largest absolute Gasteiger partial charge is 0.416 e. The highest BCUT2D eigenvalue weighted by atomic mass is 35.5. The van der Waals surface area contributed by atoms with Crippen LogP contribution in [0.4, 0.5) is 13.2 Å². The Morgan fingerprint density at radius 2 is 1.86 bits per heavy atom. The first-order valence-corrected chi connectivity index (χ1v) is 6.55. The van der Waals surface area contributed by atoms with Gasteiger partial charge in [-0.2, -0.15) is 18.3 Å². The second kappa shape index (κ2) is 4.77. The Labute approximate surface area is 123 Å². The van der Waals surface area contributed by atoms with Crippen molar-refractivity contribution in [2.75, 3.05) is 0 Å². The van der Waals surface area contributed by atoms with Crippen LogP contribution in [0.25, 0.3) is 16.6 Å². The SMILES string of the molecule is Cc1ccc2cnn(-c3ccc(C(F)(F)F)cc3Cl)c2c1. The Bertz CT molecular complexity index is 821. The average molecular weight is 311 g/mol. The number of rotatable bonds is 1. The summed E-state index contributed by atoms with van der Waals surface area (Å²) in [7, 11) is 0. The van der Waals surface area contributed by atoms with Crippen molar-refractivity contribution in [1.82, 2.24) is 9.78 Å². The van der Waals surface area contributed by atoms with Crippen LogP contribution in [0, 0.1) is 6.92 Å². The zero-order chi connectivity index (χ0) is 15.2. The van der Waals surface area contributed by atoms with Gasteiger partial charge in [0.1, 0.15) is 0 Å². The molecule has 2 aromatic carbocycles. The van der Waals surface area contributed by atoms with Gasteiger partial charge < -0.3 is 0 Å². The highest BCUT2D eigenvalue weighted by molar-refractivity contribution is 6.32. The summed E-state index contributed by atoms with van der Waals surface area (Å²) in [5.74, 6) is 0. The number of alkyl halides is 3. The van der Waals surface area contributed by atoms with E-state index in [4.69, 9.17) is 11.6 Å². The quantitative estimate of drug-likeness (QED) is 0.618. The number of aromatic nitrogens is 2. The Kier molecular flexibility index (Phi) is 3.17. The molecule has 2 nitrogen and oxygen atoms in total. The van der Waals surface area contributed by atoms with Gasteiger partial charge in [-0.15, -0.1) is 0 Å². The van der Waals surface area contributed by atoms with Crippen LogP contribution < -0.4 is 0 Å². The fraction of sp³-hybridized carbons (Fsp3) is 0.133. The van der Waals surface area contributed by atoms with Crippen molar-refractivity contribution in [3.8, 4) is 5.69 Å². The Balaban J connectivity index is 2.17. The summed E-state index contributed by atoms with van der Waals surface area (Å²) in [5, 5.41) is 5.12. The lowest BCUT2D eigenvalue weighted by Crippen LogP contribution is -2.06. The zero-order valence-electron chi connectivity index (χ0n) is 10.9. The first-order chi connectivity index (χ1) is 9.86. The molecular formula is C15H10ClF3N2. The summed E-state index contributed by atoms with van der Waals surface area (Å²) >= 11 is 6.01. The maximum Gasteiger partial charge on any atom is 0.416 e. The lowest BCUT2D eigenvalue weighted by atomic mass is 10.1. The van der Waals surface area contributed by atoms with E-state index in [1.54, 1.807) is 10.9 Å². The number of halogens is 4. The minimum Gasteiger partial charge on any atom is -0.232 e. The summed E-state index contributed by atoms with van der Waals surface area (Å²) in [4.78, 5) is 0. The molecule has 3 aromatic rings. The van der Waals surface area contributed by atoms with Crippen molar-refractivity contribution in [2.45, 2.75) is 13.1 Å². The highest BCUT2D eigenvalue weighted by Gasteiger charge is 2.31. The highest BCUT2D eigenvalue weighted by Crippen LogP contribution is 2.33. The van der Waals surface area contributed by atoms with E-state index in [2.05, 4.69) is 5.10 Å². The molecule has 0 aliphatic rings. The van der Waals surface area contributed by atoms with Crippen molar-refractivity contribution in [3.63, 3.8) is 0 Å². The summed E-state index contributed by atoms with van der Waals surface area (Å²) in [6.45, 7) is 1.94. The van der Waals surface area contributed by atoms with E-state index < -0.39 is 11.7 Å². The fourth-order valence-electron chi connectivity index (χ4n) is 2.18. The lowest BCUT2D eigenvalue weighted by molar-refractivity contribution is -0.137. The van der Waals surface area contributed by atoms with Crippen LogP contribution in [0.5, 0.6) is 0 Å². The molecule has 0 aliphatic heterocycles. The molecule has 0 saturated carbocycles. The van der Waals surface area contributed by atoms with Gasteiger partial charge in [0, 0.05) is 5.39 Å². The molecule has 0 unspecified atom stereocenters. The van der Waals surface area contributed by atoms with Gasteiger partial charge in [0.2, 0.25) is 0 Å². The maximum atomic E-state index is 12.7. The molecule has 1 aromatic heterocycles. The van der Waals surface area contributed by atoms with Gasteiger partial charge in [0.25, 0.3) is 0 Å². The molecule has 0 radical (unpaired) electrons. The van der Waals surface area contributed by atoms with Gasteiger partial charge in [-0.3, -0.25) is 0 Å². The molecule has 0 bridgehead atoms. The predicted molar refractivity (Wildman–Crippen MR) is 75.8 cm³/mol. The monoisotopic (exact) mass is 310 g/mol. The van der Waals surface area contributed by atoms with Crippen LogP contribution in [0.1, 0.15) is 11.1 Å². The minimum atomic E-state index is -4.41. The average Bonchev–Trinajstić information content (AvgIpc) is 2.80. The van der Waals surface area contributed by atoms with Gasteiger partial charge in [-0.05, 0) is 36.8 Å². The van der Waals surface area contributed by atoms with Crippen molar-refractivity contribution in [1.29, 1.82) is 0 Å². The summed E-state index contributed by atoms with van der Waals surface area (Å²) in [5.41, 5.74) is 1.48. The summed E-state index contributed by atoms with van der Waals surface area (Å²) in [6, 6.07) is 9.02. The molecule has 21 heavy (non-hydrogen) atoms. The molecule has 1 heterocycles. The molecule has 0 amide bonds. The molecule has 0 atom stereocenters. The third kappa shape index (κ3) is 2.49. The number of nitrogens with zero attached hydrogens (tertiary/aromatic N) is 2. The second-order valence-corrected chi connectivity index (χ2v) is 5.19. The third-order valence-electron chi connectivity index (χ3n) is 3.23. The lowest BCUT2D eigenvalue weighted by Gasteiger charge is -2.11. The molecule has 0 N–H and O–H groups in total. The van der Waals surface area contributed by atoms with E-state index in [9.17, 15) is 13.2 Å². The maximum absolute atomic E-state index is 12.7. The van der Waals surface area contributed by atoms with Crippen LogP contribution in [0.2, 0.25) is 5.02 Å². The van der Waals surface area contributed by atoms with Crippen LogP contribution in [-0.2, 0) is 6.18 Å². The van der Waals surface area contributed by atoms with E-state index in [-0.39, 0.29) is 5.02 Å². The van der Waals surface area contributed by atoms with Gasteiger partial charge in [0.05, 0.1) is 28.0 Å². The molecule has 0 saturated heterocycles. The van der Waals surface area contributed by atoms with Crippen molar-refractivity contribution in [3.05, 3.63) is 58.7 Å². The summed E-state index contributed by atoms with van der Waals surface area (Å²) in [6.07, 6.45) is -2.76.